The average Bonchev–Trinajstić information content (AvgIpc) is 3.21. The van der Waals surface area contributed by atoms with E-state index in [1.165, 1.54) is 11.3 Å². The van der Waals surface area contributed by atoms with Gasteiger partial charge in [0.05, 0.1) is 28.6 Å². The van der Waals surface area contributed by atoms with Crippen LogP contribution in [0.15, 0.2) is 36.8 Å². The van der Waals surface area contributed by atoms with Gasteiger partial charge in [-0.05, 0) is 19.9 Å². The maximum absolute atomic E-state index is 12.3. The summed E-state index contributed by atoms with van der Waals surface area (Å²) in [5.74, 6) is 0.954. The van der Waals surface area contributed by atoms with Crippen molar-refractivity contribution < 1.29 is 4.79 Å². The minimum absolute atomic E-state index is 0.256. The SMILES string of the molecule is Cc1ncc(C(=O)Nc2ncc3ccc(-c4cnc(C)n4C)cc3n2)s1. The number of nitrogens with one attached hydrogen (secondary N) is 1. The van der Waals surface area contributed by atoms with E-state index in [1.807, 2.05) is 49.9 Å². The van der Waals surface area contributed by atoms with Gasteiger partial charge in [0.25, 0.3) is 5.91 Å². The number of thiazole rings is 1. The first-order valence-corrected chi connectivity index (χ1v) is 8.82. The molecule has 130 valence electrons. The van der Waals surface area contributed by atoms with Crippen molar-refractivity contribution in [3.63, 3.8) is 0 Å². The number of rotatable bonds is 3. The van der Waals surface area contributed by atoms with Crippen molar-refractivity contribution in [3.8, 4) is 11.3 Å². The van der Waals surface area contributed by atoms with Crippen molar-refractivity contribution in [1.82, 2.24) is 24.5 Å². The summed E-state index contributed by atoms with van der Waals surface area (Å²) >= 11 is 1.33. The van der Waals surface area contributed by atoms with Gasteiger partial charge < -0.3 is 4.57 Å². The molecule has 0 spiro atoms. The van der Waals surface area contributed by atoms with Gasteiger partial charge in [0.2, 0.25) is 5.95 Å². The molecule has 7 nitrogen and oxygen atoms in total. The lowest BCUT2D eigenvalue weighted by Crippen LogP contribution is -2.12. The highest BCUT2D eigenvalue weighted by Crippen LogP contribution is 2.24. The molecule has 0 saturated heterocycles. The minimum atomic E-state index is -0.256. The monoisotopic (exact) mass is 364 g/mol. The van der Waals surface area contributed by atoms with Crippen LogP contribution in [0, 0.1) is 13.8 Å². The van der Waals surface area contributed by atoms with Crippen molar-refractivity contribution in [2.24, 2.45) is 7.05 Å². The molecule has 1 aromatic carbocycles. The lowest BCUT2D eigenvalue weighted by Gasteiger charge is -2.07. The van der Waals surface area contributed by atoms with Crippen LogP contribution in [0.4, 0.5) is 5.95 Å². The zero-order valence-corrected chi connectivity index (χ0v) is 15.3. The molecule has 0 aliphatic carbocycles. The number of hydrogen-bond donors (Lipinski definition) is 1. The van der Waals surface area contributed by atoms with E-state index in [0.717, 1.165) is 33.0 Å². The maximum Gasteiger partial charge on any atom is 0.269 e. The predicted molar refractivity (Wildman–Crippen MR) is 101 cm³/mol. The van der Waals surface area contributed by atoms with Gasteiger partial charge in [-0.2, -0.15) is 0 Å². The lowest BCUT2D eigenvalue weighted by atomic mass is 10.1. The highest BCUT2D eigenvalue weighted by atomic mass is 32.1. The normalized spacial score (nSPS) is 11.0. The molecule has 0 unspecified atom stereocenters. The molecule has 26 heavy (non-hydrogen) atoms. The number of anilines is 1. The van der Waals surface area contributed by atoms with Crippen LogP contribution in [-0.4, -0.2) is 30.4 Å². The Morgan fingerprint density at radius 2 is 1.96 bits per heavy atom. The second-order valence-corrected chi connectivity index (χ2v) is 7.15. The van der Waals surface area contributed by atoms with Crippen molar-refractivity contribution in [3.05, 3.63) is 52.5 Å². The van der Waals surface area contributed by atoms with E-state index < -0.39 is 0 Å². The van der Waals surface area contributed by atoms with E-state index in [1.54, 1.807) is 12.4 Å². The molecule has 4 aromatic rings. The summed E-state index contributed by atoms with van der Waals surface area (Å²) in [6, 6.07) is 5.95. The Hall–Kier alpha value is -3.13. The van der Waals surface area contributed by atoms with E-state index in [2.05, 4.69) is 25.3 Å². The van der Waals surface area contributed by atoms with Gasteiger partial charge in [-0.1, -0.05) is 12.1 Å². The zero-order chi connectivity index (χ0) is 18.3. The standard InChI is InChI=1S/C18H16N6OS/c1-10-19-8-15(24(10)3)12-4-5-13-7-21-18(22-14(13)6-12)23-17(25)16-9-20-11(2)26-16/h4-9H,1-3H3,(H,21,22,23,25). The summed E-state index contributed by atoms with van der Waals surface area (Å²) in [6.07, 6.45) is 5.10. The van der Waals surface area contributed by atoms with Crippen LogP contribution in [0.2, 0.25) is 0 Å². The van der Waals surface area contributed by atoms with Crippen LogP contribution in [0.1, 0.15) is 20.5 Å². The molecule has 0 fully saturated rings. The van der Waals surface area contributed by atoms with Crippen LogP contribution in [0.5, 0.6) is 0 Å². The molecular formula is C18H16N6OS. The molecule has 1 amide bonds. The quantitative estimate of drug-likeness (QED) is 0.602. The van der Waals surface area contributed by atoms with Gasteiger partial charge >= 0.3 is 0 Å². The largest absolute Gasteiger partial charge is 0.331 e. The third kappa shape index (κ3) is 2.95. The number of carbonyl (C=O) groups is 1. The van der Waals surface area contributed by atoms with Crippen LogP contribution in [-0.2, 0) is 7.05 Å². The van der Waals surface area contributed by atoms with Crippen LogP contribution >= 0.6 is 11.3 Å². The number of benzene rings is 1. The second kappa shape index (κ2) is 6.30. The first-order chi connectivity index (χ1) is 12.5. The Kier molecular flexibility index (Phi) is 3.96. The molecule has 3 aromatic heterocycles. The minimum Gasteiger partial charge on any atom is -0.331 e. The Morgan fingerprint density at radius 3 is 2.65 bits per heavy atom. The van der Waals surface area contributed by atoms with Crippen LogP contribution in [0.3, 0.4) is 0 Å². The fourth-order valence-electron chi connectivity index (χ4n) is 2.64. The van der Waals surface area contributed by atoms with Crippen LogP contribution < -0.4 is 5.32 Å². The Labute approximate surface area is 153 Å². The van der Waals surface area contributed by atoms with Crippen LogP contribution in [0.25, 0.3) is 22.2 Å². The third-order valence-corrected chi connectivity index (χ3v) is 5.08. The van der Waals surface area contributed by atoms with Crippen molar-refractivity contribution in [2.75, 3.05) is 5.32 Å². The Bertz CT molecular complexity index is 1130. The zero-order valence-electron chi connectivity index (χ0n) is 14.5. The van der Waals surface area contributed by atoms with Gasteiger partial charge in [0.15, 0.2) is 0 Å². The molecule has 0 bridgehead atoms. The molecule has 0 saturated carbocycles. The molecular weight excluding hydrogens is 348 g/mol. The summed E-state index contributed by atoms with van der Waals surface area (Å²) < 4.78 is 2.02. The summed E-state index contributed by atoms with van der Waals surface area (Å²) in [7, 11) is 1.98. The first kappa shape index (κ1) is 16.3. The molecule has 0 radical (unpaired) electrons. The molecule has 4 rings (SSSR count). The van der Waals surface area contributed by atoms with Crippen molar-refractivity contribution >= 4 is 34.1 Å². The van der Waals surface area contributed by atoms with E-state index in [4.69, 9.17) is 0 Å². The number of imidazole rings is 1. The molecule has 0 atom stereocenters. The number of aryl methyl sites for hydroxylation is 2. The number of nitrogens with zero attached hydrogens (tertiary/aromatic N) is 5. The van der Waals surface area contributed by atoms with Gasteiger partial charge in [0.1, 0.15) is 10.7 Å². The van der Waals surface area contributed by atoms with E-state index in [0.29, 0.717) is 4.88 Å². The molecule has 8 heteroatoms. The predicted octanol–water partition coefficient (Wildman–Crippen LogP) is 3.36. The first-order valence-electron chi connectivity index (χ1n) is 8.00. The summed E-state index contributed by atoms with van der Waals surface area (Å²) in [5, 5.41) is 4.47. The topological polar surface area (TPSA) is 85.6 Å². The van der Waals surface area contributed by atoms with E-state index >= 15 is 0 Å². The molecule has 0 aliphatic heterocycles. The van der Waals surface area contributed by atoms with Gasteiger partial charge in [0, 0.05) is 24.2 Å². The summed E-state index contributed by atoms with van der Waals surface area (Å²) in [5.41, 5.74) is 2.77. The maximum atomic E-state index is 12.3. The number of fused-ring (bicyclic) bond motifs is 1. The number of aromatic nitrogens is 5. The summed E-state index contributed by atoms with van der Waals surface area (Å²) in [4.78, 5) is 29.9. The Morgan fingerprint density at radius 1 is 1.12 bits per heavy atom. The number of hydrogen-bond acceptors (Lipinski definition) is 6. The Balaban J connectivity index is 1.67. The van der Waals surface area contributed by atoms with E-state index in [-0.39, 0.29) is 11.9 Å². The van der Waals surface area contributed by atoms with E-state index in [9.17, 15) is 4.79 Å². The van der Waals surface area contributed by atoms with Crippen molar-refractivity contribution in [1.29, 1.82) is 0 Å². The van der Waals surface area contributed by atoms with Gasteiger partial charge in [-0.25, -0.2) is 19.9 Å². The molecule has 1 N–H and O–H groups in total. The number of carbonyl (C=O) groups excluding carboxylic acids is 1. The molecule has 3 heterocycles. The smallest absolute Gasteiger partial charge is 0.269 e. The second-order valence-electron chi connectivity index (χ2n) is 5.91. The van der Waals surface area contributed by atoms with Crippen molar-refractivity contribution in [2.45, 2.75) is 13.8 Å². The highest BCUT2D eigenvalue weighted by Gasteiger charge is 2.12. The fraction of sp³-hybridized carbons (Fsp3) is 0.167. The summed E-state index contributed by atoms with van der Waals surface area (Å²) in [6.45, 7) is 3.82. The lowest BCUT2D eigenvalue weighted by molar-refractivity contribution is 0.102. The highest BCUT2D eigenvalue weighted by molar-refractivity contribution is 7.13. The molecule has 0 aliphatic rings. The third-order valence-electron chi connectivity index (χ3n) is 4.17. The fourth-order valence-corrected chi connectivity index (χ4v) is 3.32. The van der Waals surface area contributed by atoms with Gasteiger partial charge in [-0.3, -0.25) is 10.1 Å². The average molecular weight is 364 g/mol. The van der Waals surface area contributed by atoms with Gasteiger partial charge in [-0.15, -0.1) is 11.3 Å². The number of amides is 1.